The summed E-state index contributed by atoms with van der Waals surface area (Å²) in [7, 11) is -5.18. The molecule has 0 spiro atoms. The largest absolute Gasteiger partial charge is 0.780 e. The van der Waals surface area contributed by atoms with Crippen molar-refractivity contribution >= 4 is 48.2 Å². The van der Waals surface area contributed by atoms with E-state index in [2.05, 4.69) is 9.52 Å². The van der Waals surface area contributed by atoms with Gasteiger partial charge >= 0.3 is 0 Å². The van der Waals surface area contributed by atoms with Gasteiger partial charge in [0.25, 0.3) is 0 Å². The van der Waals surface area contributed by atoms with Crippen LogP contribution < -0.4 is 14.3 Å². The monoisotopic (exact) mass is 385 g/mol. The zero-order chi connectivity index (χ0) is 17.9. The first-order chi connectivity index (χ1) is 11.0. The Bertz CT molecular complexity index is 910. The lowest BCUT2D eigenvalue weighted by Crippen LogP contribution is -2.32. The number of allylic oxidation sites excluding steroid dienone is 4. The molecule has 0 atom stereocenters. The molecule has 6 nitrogen and oxygen atoms in total. The van der Waals surface area contributed by atoms with Gasteiger partial charge in [0.1, 0.15) is 13.6 Å². The van der Waals surface area contributed by atoms with Crippen molar-refractivity contribution in [1.29, 1.82) is 0 Å². The first-order valence-electron chi connectivity index (χ1n) is 6.78. The first-order valence-corrected chi connectivity index (χ1v) is 9.00. The Morgan fingerprint density at radius 2 is 1.92 bits per heavy atom. The molecule has 0 amide bonds. The van der Waals surface area contributed by atoms with Crippen molar-refractivity contribution in [2.75, 3.05) is 0 Å². The van der Waals surface area contributed by atoms with Gasteiger partial charge in [-0.25, -0.2) is 4.99 Å². The minimum Gasteiger partial charge on any atom is -0.780 e. The van der Waals surface area contributed by atoms with Crippen LogP contribution in [-0.2, 0) is 14.8 Å². The van der Waals surface area contributed by atoms with Crippen molar-refractivity contribution in [3.05, 3.63) is 45.5 Å². The van der Waals surface area contributed by atoms with Crippen LogP contribution in [0, 0.1) is 0 Å². The summed E-state index contributed by atoms with van der Waals surface area (Å²) in [5.41, 5.74) is 1.29. The number of carbonyl (C=O) groups excluding carboxylic acids is 1. The lowest BCUT2D eigenvalue weighted by Gasteiger charge is -2.36. The minimum atomic E-state index is -5.18. The topological polar surface area (TPSA) is 102 Å². The highest BCUT2D eigenvalue weighted by molar-refractivity contribution is 7.43. The van der Waals surface area contributed by atoms with Gasteiger partial charge in [-0.3, -0.25) is 4.79 Å². The molecule has 2 aliphatic rings. The number of Topliss-reactive ketones (excluding diaryl/α,β-unsaturated/α-hetero) is 1. The Morgan fingerprint density at radius 3 is 2.54 bits per heavy atom. The lowest BCUT2D eigenvalue weighted by atomic mass is 9.71. The first kappa shape index (κ1) is 17.4. The average Bonchev–Trinajstić information content (AvgIpc) is 2.43. The predicted octanol–water partition coefficient (Wildman–Crippen LogP) is 2.46. The summed E-state index contributed by atoms with van der Waals surface area (Å²) >= 11 is 12.1. The van der Waals surface area contributed by atoms with E-state index >= 15 is 0 Å². The van der Waals surface area contributed by atoms with Crippen molar-refractivity contribution in [3.63, 3.8) is 0 Å². The maximum atomic E-state index is 12.0. The fourth-order valence-corrected chi connectivity index (χ4v) is 3.89. The van der Waals surface area contributed by atoms with E-state index in [9.17, 15) is 19.1 Å². The van der Waals surface area contributed by atoms with Crippen LogP contribution in [-0.4, -0.2) is 11.5 Å². The molecule has 126 valence electrons. The fourth-order valence-electron chi connectivity index (χ4n) is 2.83. The summed E-state index contributed by atoms with van der Waals surface area (Å²) in [6.07, 6.45) is 1.45. The second-order valence-electron chi connectivity index (χ2n) is 5.85. The smallest absolute Gasteiger partial charge is 0.216 e. The van der Waals surface area contributed by atoms with E-state index in [1.165, 1.54) is 24.3 Å². The van der Waals surface area contributed by atoms with E-state index in [4.69, 9.17) is 23.2 Å². The molecule has 0 radical (unpaired) electrons. The second kappa shape index (κ2) is 5.55. The molecule has 1 aromatic rings. The number of carbonyl (C=O) groups is 1. The molecule has 0 N–H and O–H groups in total. The Labute approximate surface area is 147 Å². The molecule has 1 heterocycles. The second-order valence-corrected chi connectivity index (χ2v) is 7.71. The van der Waals surface area contributed by atoms with Crippen molar-refractivity contribution in [1.82, 2.24) is 0 Å². The Hall–Kier alpha value is -1.43. The van der Waals surface area contributed by atoms with Crippen molar-refractivity contribution in [2.45, 2.75) is 19.3 Å². The van der Waals surface area contributed by atoms with Gasteiger partial charge in [0.05, 0.1) is 21.5 Å². The highest BCUT2D eigenvalue weighted by Crippen LogP contribution is 2.48. The van der Waals surface area contributed by atoms with Crippen LogP contribution in [0.25, 0.3) is 0 Å². The van der Waals surface area contributed by atoms with Crippen molar-refractivity contribution in [2.24, 2.45) is 4.99 Å². The molecule has 9 heteroatoms. The van der Waals surface area contributed by atoms with Gasteiger partial charge in [0.2, 0.25) is 5.78 Å². The third-order valence-corrected chi connectivity index (χ3v) is 4.96. The lowest BCUT2D eigenvalue weighted by molar-refractivity contribution is -0.333. The number of phosphoric ester groups is 1. The minimum absolute atomic E-state index is 0.0275. The molecule has 1 aromatic carbocycles. The molecule has 0 saturated heterocycles. The summed E-state index contributed by atoms with van der Waals surface area (Å²) in [6, 6.07) is 4.26. The Morgan fingerprint density at radius 1 is 1.25 bits per heavy atom. The van der Waals surface area contributed by atoms with E-state index in [0.717, 1.165) is 0 Å². The fraction of sp³-hybridized carbons (Fsp3) is 0.200. The number of phosphoric acid groups is 1. The van der Waals surface area contributed by atoms with Gasteiger partial charge in [0, 0.05) is 11.0 Å². The van der Waals surface area contributed by atoms with Gasteiger partial charge in [0.15, 0.2) is 0 Å². The van der Waals surface area contributed by atoms with Gasteiger partial charge in [-0.15, -0.1) is 0 Å². The van der Waals surface area contributed by atoms with Crippen molar-refractivity contribution in [3.8, 4) is 5.75 Å². The van der Waals surface area contributed by atoms with Crippen LogP contribution in [0.5, 0.6) is 5.75 Å². The number of ketones is 1. The van der Waals surface area contributed by atoms with Gasteiger partial charge in [-0.05, 0) is 29.8 Å². The van der Waals surface area contributed by atoms with E-state index in [1.54, 1.807) is 13.8 Å². The predicted molar refractivity (Wildman–Crippen MR) is 86.6 cm³/mol. The van der Waals surface area contributed by atoms with Gasteiger partial charge in [-0.2, -0.15) is 0 Å². The molecule has 0 fully saturated rings. The molecular formula is C15H10Cl2NO5P-2. The van der Waals surface area contributed by atoms with Crippen LogP contribution in [0.2, 0.25) is 0 Å². The standard InChI is InChI=1S/C15H12Cl2NO5P/c1-15(2)8-5-7(23-24(20,21)22)3-4-10(8)18-11-6-9(16)14(19)13(17)12(11)15/h3-6H,1-2H3,(H2,20,21,22)/p-2. The van der Waals surface area contributed by atoms with Gasteiger partial charge < -0.3 is 18.9 Å². The Kier molecular flexibility index (Phi) is 4.02. The number of aliphatic imine (C=N–C) groups is 1. The van der Waals surface area contributed by atoms with Gasteiger partial charge in [-0.1, -0.05) is 37.0 Å². The number of benzene rings is 1. The van der Waals surface area contributed by atoms with E-state index in [1.807, 2.05) is 0 Å². The van der Waals surface area contributed by atoms with Crippen LogP contribution in [0.3, 0.4) is 0 Å². The summed E-state index contributed by atoms with van der Waals surface area (Å²) < 4.78 is 15.2. The van der Waals surface area contributed by atoms with Crippen LogP contribution >= 0.6 is 31.0 Å². The highest BCUT2D eigenvalue weighted by Gasteiger charge is 2.40. The third kappa shape index (κ3) is 2.85. The molecule has 1 aliphatic heterocycles. The van der Waals surface area contributed by atoms with Crippen LogP contribution in [0.15, 0.2) is 44.9 Å². The number of hydrogen-bond acceptors (Lipinski definition) is 6. The molecule has 0 unspecified atom stereocenters. The Balaban J connectivity index is 2.21. The number of rotatable bonds is 2. The normalized spacial score (nSPS) is 19.3. The maximum Gasteiger partial charge on any atom is 0.216 e. The number of fused-ring (bicyclic) bond motifs is 2. The zero-order valence-corrected chi connectivity index (χ0v) is 14.9. The quantitative estimate of drug-likeness (QED) is 0.574. The maximum absolute atomic E-state index is 12.0. The average molecular weight is 386 g/mol. The molecule has 0 saturated carbocycles. The number of hydrogen-bond donors (Lipinski definition) is 0. The molecule has 1 aliphatic carbocycles. The third-order valence-electron chi connectivity index (χ3n) is 3.88. The number of halogens is 2. The van der Waals surface area contributed by atoms with E-state index < -0.39 is 19.0 Å². The van der Waals surface area contributed by atoms with E-state index in [-0.39, 0.29) is 15.8 Å². The van der Waals surface area contributed by atoms with E-state index in [0.29, 0.717) is 22.5 Å². The van der Waals surface area contributed by atoms with Crippen molar-refractivity contribution < 1.29 is 23.7 Å². The SMILES string of the molecule is CC1(C)C2=C(Cl)C(=O)C(Cl)=CC2=Nc2ccc(OP(=O)([O-])[O-])cc21. The highest BCUT2D eigenvalue weighted by atomic mass is 35.5. The summed E-state index contributed by atoms with van der Waals surface area (Å²) in [6.45, 7) is 3.60. The molecule has 0 bridgehead atoms. The summed E-state index contributed by atoms with van der Waals surface area (Å²) in [5.74, 6) is -0.624. The zero-order valence-electron chi connectivity index (χ0n) is 12.5. The molecule has 3 rings (SSSR count). The molecular weight excluding hydrogens is 376 g/mol. The molecule has 24 heavy (non-hydrogen) atoms. The summed E-state index contributed by atoms with van der Waals surface area (Å²) in [5, 5.41) is -0.0677. The number of nitrogens with zero attached hydrogens (tertiary/aromatic N) is 1. The van der Waals surface area contributed by atoms with Crippen LogP contribution in [0.1, 0.15) is 19.4 Å². The molecule has 0 aromatic heterocycles. The van der Waals surface area contributed by atoms with Crippen LogP contribution in [0.4, 0.5) is 5.69 Å². The summed E-state index contributed by atoms with van der Waals surface area (Å²) in [4.78, 5) is 38.1.